The SMILES string of the molecule is CC(=O)NC(CCC(=O)O)C(=O)CCC(=O)NC(C(=O)CC(CCCN=C(N)N)C(=O)NC(CCCN=C(N)N)C(=O)CC(C)C(=O)NC(CC(C)C)C(=O)CC(CC(=O)O)C(N)=O)C(C)C. The normalized spacial score (nSPS) is 14.1. The molecule has 5 amide bonds. The molecule has 0 aliphatic carbocycles. The van der Waals surface area contributed by atoms with Crippen molar-refractivity contribution in [3.63, 3.8) is 0 Å². The summed E-state index contributed by atoms with van der Waals surface area (Å²) in [6, 6.07) is -4.62. The van der Waals surface area contributed by atoms with Gasteiger partial charge in [-0.3, -0.25) is 62.7 Å². The zero-order valence-corrected chi connectivity index (χ0v) is 39.5. The smallest absolute Gasteiger partial charge is 0.304 e. The van der Waals surface area contributed by atoms with Crippen molar-refractivity contribution in [3.05, 3.63) is 0 Å². The van der Waals surface area contributed by atoms with E-state index in [-0.39, 0.29) is 75.9 Å². The number of nitrogens with zero attached hydrogens (tertiary/aromatic N) is 2. The number of Topliss-reactive ketones (excluding diaryl/α,β-unsaturated/α-hetero) is 4. The summed E-state index contributed by atoms with van der Waals surface area (Å²) in [6.45, 7) is 9.62. The highest BCUT2D eigenvalue weighted by molar-refractivity contribution is 5.98. The predicted octanol–water partition coefficient (Wildman–Crippen LogP) is -1.33. The molecule has 378 valence electrons. The number of carbonyl (C=O) groups is 11. The number of nitrogens with one attached hydrogen (secondary N) is 4. The van der Waals surface area contributed by atoms with Crippen LogP contribution in [0.2, 0.25) is 0 Å². The number of ketones is 4. The zero-order chi connectivity index (χ0) is 51.6. The zero-order valence-electron chi connectivity index (χ0n) is 39.5. The van der Waals surface area contributed by atoms with Crippen molar-refractivity contribution in [2.24, 2.45) is 68.2 Å². The van der Waals surface area contributed by atoms with Gasteiger partial charge in [0.2, 0.25) is 29.5 Å². The quantitative estimate of drug-likeness (QED) is 0.0197. The second kappa shape index (κ2) is 31.4. The molecule has 0 heterocycles. The van der Waals surface area contributed by atoms with Crippen molar-refractivity contribution in [1.82, 2.24) is 21.3 Å². The van der Waals surface area contributed by atoms with Gasteiger partial charge in [-0.25, -0.2) is 0 Å². The number of hydrogen-bond acceptors (Lipinski definition) is 13. The molecule has 0 aromatic heterocycles. The van der Waals surface area contributed by atoms with Gasteiger partial charge in [-0.05, 0) is 50.4 Å². The fraction of sp³-hybridized carbons (Fsp3) is 0.698. The second-order valence-electron chi connectivity index (χ2n) is 17.4. The number of rotatable bonds is 36. The molecule has 0 saturated heterocycles. The first-order valence-corrected chi connectivity index (χ1v) is 22.3. The summed E-state index contributed by atoms with van der Waals surface area (Å²) in [7, 11) is 0. The van der Waals surface area contributed by atoms with Gasteiger partial charge in [0.25, 0.3) is 0 Å². The van der Waals surface area contributed by atoms with Gasteiger partial charge in [0.05, 0.1) is 36.5 Å². The Kier molecular flexibility index (Phi) is 28.4. The highest BCUT2D eigenvalue weighted by Crippen LogP contribution is 2.20. The number of nitrogens with two attached hydrogens (primary N) is 5. The van der Waals surface area contributed by atoms with Crippen LogP contribution in [0.5, 0.6) is 0 Å². The van der Waals surface area contributed by atoms with Crippen molar-refractivity contribution >= 4 is 76.5 Å². The molecule has 0 rings (SSSR count). The first kappa shape index (κ1) is 60.5. The lowest BCUT2D eigenvalue weighted by Crippen LogP contribution is -2.48. The Hall–Kier alpha value is -6.49. The summed E-state index contributed by atoms with van der Waals surface area (Å²) in [4.78, 5) is 148. The third kappa shape index (κ3) is 26.9. The third-order valence-electron chi connectivity index (χ3n) is 10.5. The Morgan fingerprint density at radius 3 is 1.54 bits per heavy atom. The molecule has 0 saturated carbocycles. The summed E-state index contributed by atoms with van der Waals surface area (Å²) < 4.78 is 0. The van der Waals surface area contributed by atoms with E-state index in [1.807, 2.05) is 0 Å². The molecule has 16 N–H and O–H groups in total. The van der Waals surface area contributed by atoms with E-state index in [1.54, 1.807) is 27.7 Å². The molecule has 0 fully saturated rings. The van der Waals surface area contributed by atoms with Crippen LogP contribution in [0.3, 0.4) is 0 Å². The number of guanidine groups is 2. The maximum absolute atomic E-state index is 14.1. The van der Waals surface area contributed by atoms with Crippen LogP contribution >= 0.6 is 0 Å². The summed E-state index contributed by atoms with van der Waals surface area (Å²) in [6.07, 6.45) is -2.81. The van der Waals surface area contributed by atoms with Crippen molar-refractivity contribution in [1.29, 1.82) is 0 Å². The van der Waals surface area contributed by atoms with Gasteiger partial charge in [-0.2, -0.15) is 0 Å². The summed E-state index contributed by atoms with van der Waals surface area (Å²) >= 11 is 0. The van der Waals surface area contributed by atoms with Crippen LogP contribution < -0.4 is 49.9 Å². The number of carboxylic acids is 2. The summed E-state index contributed by atoms with van der Waals surface area (Å²) in [5.41, 5.74) is 27.2. The minimum absolute atomic E-state index is 0.000595. The third-order valence-corrected chi connectivity index (χ3v) is 10.5. The van der Waals surface area contributed by atoms with Crippen LogP contribution in [0.15, 0.2) is 9.98 Å². The average molecular weight is 952 g/mol. The Balaban J connectivity index is 6.39. The molecular weight excluding hydrogens is 879 g/mol. The minimum atomic E-state index is -1.34. The highest BCUT2D eigenvalue weighted by Gasteiger charge is 2.34. The average Bonchev–Trinajstić information content (AvgIpc) is 3.20. The maximum atomic E-state index is 14.1. The van der Waals surface area contributed by atoms with Crippen molar-refractivity contribution < 1.29 is 63.0 Å². The Morgan fingerprint density at radius 1 is 0.522 bits per heavy atom. The Morgan fingerprint density at radius 2 is 1.04 bits per heavy atom. The van der Waals surface area contributed by atoms with Gasteiger partial charge < -0.3 is 60.1 Å². The standard InChI is InChI=1S/C43H73N11O13/c1-22(2)17-30(33(58)20-27(39(44)65)21-37(63)64)53-40(66)24(5)18-32(57)28(10-8-16-50-43(47)48)52-41(67)26(9-7-15-49-42(45)46)19-34(59)38(23(3)4)54-35(60)13-12-31(56)29(51-25(6)55)11-14-36(61)62/h22-24,26-30,38H,7-21H2,1-6H3,(H2,44,65)(H,51,55)(H,52,67)(H,53,66)(H,54,60)(H,61,62)(H,63,64)(H4,45,46,49)(H4,47,48,50). The number of aliphatic carboxylic acids is 2. The Labute approximate surface area is 390 Å². The van der Waals surface area contributed by atoms with E-state index in [9.17, 15) is 57.8 Å². The van der Waals surface area contributed by atoms with Crippen LogP contribution in [0, 0.1) is 29.6 Å². The van der Waals surface area contributed by atoms with E-state index in [0.717, 1.165) is 6.92 Å². The lowest BCUT2D eigenvalue weighted by Gasteiger charge is -2.26. The number of carbonyl (C=O) groups excluding carboxylic acids is 9. The fourth-order valence-corrected chi connectivity index (χ4v) is 6.91. The van der Waals surface area contributed by atoms with E-state index in [4.69, 9.17) is 33.8 Å². The minimum Gasteiger partial charge on any atom is -0.481 e. The molecule has 0 aliphatic rings. The highest BCUT2D eigenvalue weighted by atomic mass is 16.4. The number of primary amides is 1. The molecule has 0 bridgehead atoms. The van der Waals surface area contributed by atoms with Gasteiger partial charge in [-0.1, -0.05) is 34.6 Å². The Bertz CT molecular complexity index is 1810. The van der Waals surface area contributed by atoms with Gasteiger partial charge in [0.15, 0.2) is 35.1 Å². The molecule has 24 nitrogen and oxygen atoms in total. The fourth-order valence-electron chi connectivity index (χ4n) is 6.91. The molecule has 0 aromatic carbocycles. The number of carboxylic acid groups (broad SMARTS) is 2. The molecule has 67 heavy (non-hydrogen) atoms. The van der Waals surface area contributed by atoms with Gasteiger partial charge in [0, 0.05) is 70.4 Å². The molecule has 24 heteroatoms. The lowest BCUT2D eigenvalue weighted by atomic mass is 9.88. The lowest BCUT2D eigenvalue weighted by molar-refractivity contribution is -0.141. The van der Waals surface area contributed by atoms with E-state index < -0.39 is 151 Å². The van der Waals surface area contributed by atoms with E-state index in [2.05, 4.69) is 31.3 Å². The van der Waals surface area contributed by atoms with Crippen molar-refractivity contribution in [2.45, 2.75) is 149 Å². The molecule has 0 spiro atoms. The first-order chi connectivity index (χ1) is 31.1. The van der Waals surface area contributed by atoms with Crippen molar-refractivity contribution in [3.8, 4) is 0 Å². The van der Waals surface area contributed by atoms with Gasteiger partial charge in [0.1, 0.15) is 0 Å². The molecule has 0 aliphatic heterocycles. The second-order valence-corrected chi connectivity index (χ2v) is 17.4. The summed E-state index contributed by atoms with van der Waals surface area (Å²) in [5.74, 6) is -13.0. The topological polar surface area (TPSA) is 431 Å². The number of amides is 5. The van der Waals surface area contributed by atoms with E-state index in [1.165, 1.54) is 6.92 Å². The van der Waals surface area contributed by atoms with Crippen LogP contribution in [0.4, 0.5) is 0 Å². The monoisotopic (exact) mass is 952 g/mol. The number of aliphatic imine (C=N–C) groups is 2. The van der Waals surface area contributed by atoms with E-state index in [0.29, 0.717) is 0 Å². The molecule has 0 radical (unpaired) electrons. The molecule has 7 atom stereocenters. The van der Waals surface area contributed by atoms with Gasteiger partial charge >= 0.3 is 11.9 Å². The summed E-state index contributed by atoms with van der Waals surface area (Å²) in [5, 5.41) is 28.5. The predicted molar refractivity (Wildman–Crippen MR) is 245 cm³/mol. The molecular formula is C43H73N11O13. The molecule has 7 unspecified atom stereocenters. The first-order valence-electron chi connectivity index (χ1n) is 22.3. The molecule has 0 aromatic rings. The van der Waals surface area contributed by atoms with Crippen LogP contribution in [-0.2, 0) is 52.7 Å². The van der Waals surface area contributed by atoms with Crippen LogP contribution in [-0.4, -0.2) is 124 Å². The van der Waals surface area contributed by atoms with Crippen LogP contribution in [0.25, 0.3) is 0 Å². The van der Waals surface area contributed by atoms with Crippen molar-refractivity contribution in [2.75, 3.05) is 13.1 Å². The largest absolute Gasteiger partial charge is 0.481 e. The van der Waals surface area contributed by atoms with Crippen LogP contribution in [0.1, 0.15) is 125 Å². The maximum Gasteiger partial charge on any atom is 0.304 e. The van der Waals surface area contributed by atoms with Gasteiger partial charge in [-0.15, -0.1) is 0 Å². The van der Waals surface area contributed by atoms with E-state index >= 15 is 0 Å². The number of hydrogen-bond donors (Lipinski definition) is 11.